The maximum atomic E-state index is 12.2. The second kappa shape index (κ2) is 8.77. The maximum absolute atomic E-state index is 12.2. The molecular weight excluding hydrogens is 268 g/mol. The Morgan fingerprint density at radius 2 is 1.76 bits per heavy atom. The van der Waals surface area contributed by atoms with E-state index in [4.69, 9.17) is 15.2 Å². The summed E-state index contributed by atoms with van der Waals surface area (Å²) in [7, 11) is 3.11. The molecule has 0 fully saturated rings. The number of nitrogens with two attached hydrogens (primary N) is 1. The molecule has 0 unspecified atom stereocenters. The number of amides is 1. The van der Waals surface area contributed by atoms with Crippen molar-refractivity contribution < 1.29 is 14.3 Å². The SMILES string of the molecule is COC(OC)[C@H](Cc1ccccc1)NC(=O)[C@@H](N)C(C)C. The maximum Gasteiger partial charge on any atom is 0.237 e. The Hall–Kier alpha value is -1.43. The van der Waals surface area contributed by atoms with E-state index in [1.54, 1.807) is 14.2 Å². The quantitative estimate of drug-likeness (QED) is 0.709. The van der Waals surface area contributed by atoms with Crippen LogP contribution in [0, 0.1) is 5.92 Å². The van der Waals surface area contributed by atoms with Gasteiger partial charge in [-0.25, -0.2) is 0 Å². The molecule has 5 nitrogen and oxygen atoms in total. The third-order valence-electron chi connectivity index (χ3n) is 3.44. The number of nitrogens with one attached hydrogen (secondary N) is 1. The molecule has 0 heterocycles. The second-order valence-electron chi connectivity index (χ2n) is 5.41. The Labute approximate surface area is 126 Å². The predicted octanol–water partition coefficient (Wildman–Crippen LogP) is 1.32. The molecule has 5 heteroatoms. The largest absolute Gasteiger partial charge is 0.354 e. The lowest BCUT2D eigenvalue weighted by molar-refractivity contribution is -0.139. The molecule has 1 rings (SSSR count). The molecule has 0 aliphatic rings. The molecule has 1 aromatic rings. The minimum absolute atomic E-state index is 0.0749. The third kappa shape index (κ3) is 5.46. The fraction of sp³-hybridized carbons (Fsp3) is 0.562. The van der Waals surface area contributed by atoms with E-state index in [2.05, 4.69) is 5.32 Å². The summed E-state index contributed by atoms with van der Waals surface area (Å²) < 4.78 is 10.6. The Kier molecular flexibility index (Phi) is 7.36. The standard InChI is InChI=1S/C16H26N2O3/c1-11(2)14(17)15(19)18-13(16(20-3)21-4)10-12-8-6-5-7-9-12/h5-9,11,13-14,16H,10,17H2,1-4H3,(H,18,19)/t13-,14-/m0/s1. The van der Waals surface area contributed by atoms with Gasteiger partial charge in [-0.1, -0.05) is 44.2 Å². The lowest BCUT2D eigenvalue weighted by atomic mass is 10.0. The molecular formula is C16H26N2O3. The first-order valence-corrected chi connectivity index (χ1v) is 7.15. The highest BCUT2D eigenvalue weighted by Gasteiger charge is 2.26. The topological polar surface area (TPSA) is 73.6 Å². The van der Waals surface area contributed by atoms with Crippen molar-refractivity contribution in [1.82, 2.24) is 5.32 Å². The summed E-state index contributed by atoms with van der Waals surface area (Å²) in [5.41, 5.74) is 6.99. The van der Waals surface area contributed by atoms with Crippen LogP contribution in [0.4, 0.5) is 0 Å². The lowest BCUT2D eigenvalue weighted by Gasteiger charge is -2.27. The van der Waals surface area contributed by atoms with Crippen LogP contribution in [0.2, 0.25) is 0 Å². The van der Waals surface area contributed by atoms with E-state index in [9.17, 15) is 4.79 Å². The van der Waals surface area contributed by atoms with E-state index >= 15 is 0 Å². The molecule has 0 bridgehead atoms. The normalized spacial score (nSPS) is 14.2. The smallest absolute Gasteiger partial charge is 0.237 e. The van der Waals surface area contributed by atoms with E-state index < -0.39 is 12.3 Å². The van der Waals surface area contributed by atoms with Crippen molar-refractivity contribution >= 4 is 5.91 Å². The Bertz CT molecular complexity index is 419. The van der Waals surface area contributed by atoms with Crippen LogP contribution in [0.1, 0.15) is 19.4 Å². The molecule has 0 radical (unpaired) electrons. The predicted molar refractivity (Wildman–Crippen MR) is 82.7 cm³/mol. The van der Waals surface area contributed by atoms with Gasteiger partial charge in [0.15, 0.2) is 6.29 Å². The van der Waals surface area contributed by atoms with E-state index in [0.717, 1.165) is 5.56 Å². The van der Waals surface area contributed by atoms with E-state index in [-0.39, 0.29) is 17.9 Å². The summed E-state index contributed by atoms with van der Waals surface area (Å²) in [4.78, 5) is 12.2. The summed E-state index contributed by atoms with van der Waals surface area (Å²) >= 11 is 0. The van der Waals surface area contributed by atoms with Crippen molar-refractivity contribution in [2.75, 3.05) is 14.2 Å². The first-order chi connectivity index (χ1) is 9.99. The number of ether oxygens (including phenoxy) is 2. The van der Waals surface area contributed by atoms with Crippen molar-refractivity contribution in [2.45, 2.75) is 38.6 Å². The number of hydrogen-bond acceptors (Lipinski definition) is 4. The van der Waals surface area contributed by atoms with Crippen LogP contribution in [-0.4, -0.2) is 38.5 Å². The van der Waals surface area contributed by atoms with Gasteiger partial charge in [-0.3, -0.25) is 4.79 Å². The Balaban J connectivity index is 2.80. The summed E-state index contributed by atoms with van der Waals surface area (Å²) in [6.45, 7) is 3.83. The molecule has 21 heavy (non-hydrogen) atoms. The highest BCUT2D eigenvalue weighted by Crippen LogP contribution is 2.10. The molecule has 1 amide bonds. The van der Waals surface area contributed by atoms with E-state index in [1.165, 1.54) is 0 Å². The van der Waals surface area contributed by atoms with Gasteiger partial charge in [0, 0.05) is 14.2 Å². The number of carbonyl (C=O) groups excluding carboxylic acids is 1. The van der Waals surface area contributed by atoms with Crippen molar-refractivity contribution in [3.05, 3.63) is 35.9 Å². The molecule has 0 aromatic heterocycles. The monoisotopic (exact) mass is 294 g/mol. The van der Waals surface area contributed by atoms with Crippen molar-refractivity contribution in [2.24, 2.45) is 11.7 Å². The van der Waals surface area contributed by atoms with E-state index in [0.29, 0.717) is 6.42 Å². The highest BCUT2D eigenvalue weighted by molar-refractivity contribution is 5.82. The lowest BCUT2D eigenvalue weighted by Crippen LogP contribution is -2.53. The summed E-state index contributed by atoms with van der Waals surface area (Å²) in [5.74, 6) is -0.115. The average molecular weight is 294 g/mol. The zero-order valence-electron chi connectivity index (χ0n) is 13.2. The summed E-state index contributed by atoms with van der Waals surface area (Å²) in [6.07, 6.45) is 0.0949. The van der Waals surface area contributed by atoms with Gasteiger partial charge in [0.1, 0.15) is 0 Å². The van der Waals surface area contributed by atoms with Gasteiger partial charge < -0.3 is 20.5 Å². The summed E-state index contributed by atoms with van der Waals surface area (Å²) in [5, 5.41) is 2.93. The minimum Gasteiger partial charge on any atom is -0.354 e. The fourth-order valence-corrected chi connectivity index (χ4v) is 2.09. The third-order valence-corrected chi connectivity index (χ3v) is 3.44. The fourth-order valence-electron chi connectivity index (χ4n) is 2.09. The van der Waals surface area contributed by atoms with Gasteiger partial charge in [0.25, 0.3) is 0 Å². The summed E-state index contributed by atoms with van der Waals surface area (Å²) in [6, 6.07) is 9.05. The molecule has 0 aliphatic carbocycles. The van der Waals surface area contributed by atoms with Crippen LogP contribution >= 0.6 is 0 Å². The Morgan fingerprint density at radius 1 is 1.19 bits per heavy atom. The van der Waals surface area contributed by atoms with Crippen molar-refractivity contribution in [3.8, 4) is 0 Å². The number of benzene rings is 1. The van der Waals surface area contributed by atoms with Crippen molar-refractivity contribution in [3.63, 3.8) is 0 Å². The Morgan fingerprint density at radius 3 is 2.24 bits per heavy atom. The molecule has 118 valence electrons. The van der Waals surface area contributed by atoms with Gasteiger partial charge >= 0.3 is 0 Å². The van der Waals surface area contributed by atoms with Crippen LogP contribution in [0.3, 0.4) is 0 Å². The van der Waals surface area contributed by atoms with Crippen LogP contribution < -0.4 is 11.1 Å². The molecule has 2 atom stereocenters. The second-order valence-corrected chi connectivity index (χ2v) is 5.41. The molecule has 0 spiro atoms. The number of hydrogen-bond donors (Lipinski definition) is 2. The molecule has 1 aromatic carbocycles. The molecule has 3 N–H and O–H groups in total. The molecule has 0 aliphatic heterocycles. The highest BCUT2D eigenvalue weighted by atomic mass is 16.7. The minimum atomic E-state index is -0.544. The van der Waals surface area contributed by atoms with Crippen molar-refractivity contribution in [1.29, 1.82) is 0 Å². The van der Waals surface area contributed by atoms with Crippen LogP contribution in [0.5, 0.6) is 0 Å². The number of methoxy groups -OCH3 is 2. The number of carbonyl (C=O) groups is 1. The average Bonchev–Trinajstić information content (AvgIpc) is 2.48. The molecule has 0 saturated heterocycles. The van der Waals surface area contributed by atoms with Gasteiger partial charge in [-0.15, -0.1) is 0 Å². The van der Waals surface area contributed by atoms with Crippen LogP contribution in [0.15, 0.2) is 30.3 Å². The van der Waals surface area contributed by atoms with Gasteiger partial charge in [-0.2, -0.15) is 0 Å². The first kappa shape index (κ1) is 17.6. The number of rotatable bonds is 8. The van der Waals surface area contributed by atoms with Gasteiger partial charge in [-0.05, 0) is 17.9 Å². The zero-order chi connectivity index (χ0) is 15.8. The molecule has 0 saturated carbocycles. The first-order valence-electron chi connectivity index (χ1n) is 7.15. The van der Waals surface area contributed by atoms with Crippen LogP contribution in [-0.2, 0) is 20.7 Å². The zero-order valence-corrected chi connectivity index (χ0v) is 13.2. The van der Waals surface area contributed by atoms with Gasteiger partial charge in [0.2, 0.25) is 5.91 Å². The van der Waals surface area contributed by atoms with Crippen LogP contribution in [0.25, 0.3) is 0 Å². The van der Waals surface area contributed by atoms with E-state index in [1.807, 2.05) is 44.2 Å². The van der Waals surface area contributed by atoms with Gasteiger partial charge in [0.05, 0.1) is 12.1 Å².